The first-order valence-corrected chi connectivity index (χ1v) is 9.34. The van der Waals surface area contributed by atoms with E-state index in [-0.39, 0.29) is 11.9 Å². The summed E-state index contributed by atoms with van der Waals surface area (Å²) in [5.74, 6) is 0.688. The predicted octanol–water partition coefficient (Wildman–Crippen LogP) is 5.67. The fourth-order valence-electron chi connectivity index (χ4n) is 4.29. The molecular weight excluding hydrogens is 325 g/mol. The van der Waals surface area contributed by atoms with Crippen LogP contribution in [0, 0.1) is 5.82 Å². The smallest absolute Gasteiger partial charge is 0.131 e. The lowest BCUT2D eigenvalue weighted by Crippen LogP contribution is -2.29. The van der Waals surface area contributed by atoms with Crippen molar-refractivity contribution in [2.45, 2.75) is 44.2 Å². The summed E-state index contributed by atoms with van der Waals surface area (Å²) in [6.45, 7) is 2.16. The molecule has 1 aliphatic rings. The standard InChI is InChI=1S/C23H24FNO/c1-15(20-12-13-23(24)22-5-3-2-4-21(20)22)25-18-9-6-17(14-18)16-7-10-19(26)11-8-16/h2-5,7-8,10-13,15,17-18,25-26H,6,9,14H2,1H3/t15-,17+,18+/m1/s1. The summed E-state index contributed by atoms with van der Waals surface area (Å²) in [6, 6.07) is 19.4. The molecule has 4 rings (SSSR count). The van der Waals surface area contributed by atoms with Crippen molar-refractivity contribution >= 4 is 10.8 Å². The zero-order valence-corrected chi connectivity index (χ0v) is 15.0. The van der Waals surface area contributed by atoms with E-state index in [2.05, 4.69) is 12.2 Å². The summed E-state index contributed by atoms with van der Waals surface area (Å²) in [5.41, 5.74) is 2.45. The zero-order valence-electron chi connectivity index (χ0n) is 15.0. The molecular formula is C23H24FNO. The second kappa shape index (κ2) is 7.08. The molecule has 3 atom stereocenters. The maximum Gasteiger partial charge on any atom is 0.131 e. The Hall–Kier alpha value is -2.39. The van der Waals surface area contributed by atoms with E-state index in [1.807, 2.05) is 42.5 Å². The highest BCUT2D eigenvalue weighted by Gasteiger charge is 2.27. The maximum atomic E-state index is 14.1. The number of rotatable bonds is 4. The summed E-state index contributed by atoms with van der Waals surface area (Å²) in [6.07, 6.45) is 3.38. The number of nitrogens with one attached hydrogen (secondary N) is 1. The molecule has 1 saturated carbocycles. The van der Waals surface area contributed by atoms with E-state index in [0.717, 1.165) is 30.2 Å². The average Bonchev–Trinajstić information content (AvgIpc) is 3.11. The minimum absolute atomic E-state index is 0.162. The van der Waals surface area contributed by atoms with E-state index in [1.54, 1.807) is 18.2 Å². The number of hydrogen-bond acceptors (Lipinski definition) is 2. The van der Waals surface area contributed by atoms with E-state index in [4.69, 9.17) is 0 Å². The van der Waals surface area contributed by atoms with Crippen LogP contribution in [0.15, 0.2) is 60.7 Å². The van der Waals surface area contributed by atoms with Crippen molar-refractivity contribution in [3.63, 3.8) is 0 Å². The lowest BCUT2D eigenvalue weighted by molar-refractivity contribution is 0.458. The molecule has 3 aromatic rings. The molecule has 0 saturated heterocycles. The van der Waals surface area contributed by atoms with E-state index in [1.165, 1.54) is 5.56 Å². The number of phenols is 1. The van der Waals surface area contributed by atoms with E-state index >= 15 is 0 Å². The second-order valence-electron chi connectivity index (χ2n) is 7.37. The van der Waals surface area contributed by atoms with Gasteiger partial charge in [-0.05, 0) is 66.8 Å². The Morgan fingerprint density at radius 3 is 2.46 bits per heavy atom. The van der Waals surface area contributed by atoms with Gasteiger partial charge in [0, 0.05) is 17.5 Å². The highest BCUT2D eigenvalue weighted by atomic mass is 19.1. The Balaban J connectivity index is 1.48. The molecule has 3 aromatic carbocycles. The van der Waals surface area contributed by atoms with Crippen molar-refractivity contribution in [3.8, 4) is 5.75 Å². The molecule has 3 heteroatoms. The van der Waals surface area contributed by atoms with Gasteiger partial charge in [0.2, 0.25) is 0 Å². The fraction of sp³-hybridized carbons (Fsp3) is 0.304. The number of fused-ring (bicyclic) bond motifs is 1. The Kier molecular flexibility index (Phi) is 4.64. The van der Waals surface area contributed by atoms with Crippen LogP contribution in [0.5, 0.6) is 5.75 Å². The molecule has 1 aliphatic carbocycles. The molecule has 0 spiro atoms. The number of aromatic hydroxyl groups is 1. The molecule has 2 N–H and O–H groups in total. The van der Waals surface area contributed by atoms with Gasteiger partial charge in [-0.2, -0.15) is 0 Å². The van der Waals surface area contributed by atoms with Crippen molar-refractivity contribution in [1.29, 1.82) is 0 Å². The molecule has 0 heterocycles. The fourth-order valence-corrected chi connectivity index (χ4v) is 4.29. The first-order chi connectivity index (χ1) is 12.6. The van der Waals surface area contributed by atoms with E-state index in [0.29, 0.717) is 23.1 Å². The highest BCUT2D eigenvalue weighted by molar-refractivity contribution is 5.86. The SMILES string of the molecule is C[C@@H](N[C@H]1CC[C@H](c2ccc(O)cc2)C1)c1ccc(F)c2ccccc12. The summed E-state index contributed by atoms with van der Waals surface area (Å²) in [7, 11) is 0. The summed E-state index contributed by atoms with van der Waals surface area (Å²) in [4.78, 5) is 0. The quantitative estimate of drug-likeness (QED) is 0.636. The largest absolute Gasteiger partial charge is 0.508 e. The summed E-state index contributed by atoms with van der Waals surface area (Å²) < 4.78 is 14.1. The van der Waals surface area contributed by atoms with Gasteiger partial charge in [-0.1, -0.05) is 42.5 Å². The third kappa shape index (κ3) is 3.32. The molecule has 0 aromatic heterocycles. The van der Waals surface area contributed by atoms with E-state index in [9.17, 15) is 9.50 Å². The minimum Gasteiger partial charge on any atom is -0.508 e. The van der Waals surface area contributed by atoms with Crippen LogP contribution >= 0.6 is 0 Å². The van der Waals surface area contributed by atoms with E-state index < -0.39 is 0 Å². The van der Waals surface area contributed by atoms with Crippen LogP contribution < -0.4 is 5.32 Å². The lowest BCUT2D eigenvalue weighted by Gasteiger charge is -2.22. The summed E-state index contributed by atoms with van der Waals surface area (Å²) in [5, 5.41) is 14.9. The number of halogens is 1. The molecule has 0 radical (unpaired) electrons. The second-order valence-corrected chi connectivity index (χ2v) is 7.37. The molecule has 26 heavy (non-hydrogen) atoms. The third-order valence-electron chi connectivity index (χ3n) is 5.65. The average molecular weight is 349 g/mol. The highest BCUT2D eigenvalue weighted by Crippen LogP contribution is 2.36. The third-order valence-corrected chi connectivity index (χ3v) is 5.65. The lowest BCUT2D eigenvalue weighted by atomic mass is 9.96. The normalized spacial score (nSPS) is 21.2. The van der Waals surface area contributed by atoms with Gasteiger partial charge in [-0.3, -0.25) is 0 Å². The van der Waals surface area contributed by atoms with Gasteiger partial charge in [0.05, 0.1) is 0 Å². The van der Waals surface area contributed by atoms with Crippen molar-refractivity contribution in [3.05, 3.63) is 77.6 Å². The Bertz CT molecular complexity index is 906. The zero-order chi connectivity index (χ0) is 18.1. The van der Waals surface area contributed by atoms with Gasteiger partial charge in [-0.15, -0.1) is 0 Å². The first kappa shape index (κ1) is 17.0. The Labute approximate surface area is 153 Å². The van der Waals surface area contributed by atoms with Gasteiger partial charge in [0.25, 0.3) is 0 Å². The van der Waals surface area contributed by atoms with Crippen LogP contribution in [0.1, 0.15) is 49.3 Å². The van der Waals surface area contributed by atoms with Crippen LogP contribution in [-0.4, -0.2) is 11.1 Å². The topological polar surface area (TPSA) is 32.3 Å². The number of benzene rings is 3. The van der Waals surface area contributed by atoms with Crippen molar-refractivity contribution in [2.75, 3.05) is 0 Å². The van der Waals surface area contributed by atoms with Crippen molar-refractivity contribution in [1.82, 2.24) is 5.32 Å². The van der Waals surface area contributed by atoms with Gasteiger partial charge in [0.1, 0.15) is 11.6 Å². The minimum atomic E-state index is -0.162. The molecule has 134 valence electrons. The Morgan fingerprint density at radius 1 is 0.962 bits per heavy atom. The van der Waals surface area contributed by atoms with Gasteiger partial charge in [0.15, 0.2) is 0 Å². The van der Waals surface area contributed by atoms with Crippen LogP contribution in [0.4, 0.5) is 4.39 Å². The monoisotopic (exact) mass is 349 g/mol. The molecule has 0 aliphatic heterocycles. The molecule has 0 unspecified atom stereocenters. The van der Waals surface area contributed by atoms with Crippen LogP contribution in [0.25, 0.3) is 10.8 Å². The number of phenolic OH excluding ortho intramolecular Hbond substituents is 1. The maximum absolute atomic E-state index is 14.1. The van der Waals surface area contributed by atoms with Crippen LogP contribution in [0.3, 0.4) is 0 Å². The van der Waals surface area contributed by atoms with Gasteiger partial charge in [-0.25, -0.2) is 4.39 Å². The molecule has 0 amide bonds. The molecule has 0 bridgehead atoms. The summed E-state index contributed by atoms with van der Waals surface area (Å²) >= 11 is 0. The van der Waals surface area contributed by atoms with Crippen molar-refractivity contribution in [2.24, 2.45) is 0 Å². The molecule has 1 fully saturated rings. The predicted molar refractivity (Wildman–Crippen MR) is 104 cm³/mol. The van der Waals surface area contributed by atoms with Crippen molar-refractivity contribution < 1.29 is 9.50 Å². The van der Waals surface area contributed by atoms with Gasteiger partial charge < -0.3 is 10.4 Å². The first-order valence-electron chi connectivity index (χ1n) is 9.34. The number of hydrogen-bond donors (Lipinski definition) is 2. The molecule has 2 nitrogen and oxygen atoms in total. The van der Waals surface area contributed by atoms with Crippen LogP contribution in [-0.2, 0) is 0 Å². The Morgan fingerprint density at radius 2 is 1.69 bits per heavy atom. The van der Waals surface area contributed by atoms with Crippen LogP contribution in [0.2, 0.25) is 0 Å². The van der Waals surface area contributed by atoms with Gasteiger partial charge >= 0.3 is 0 Å².